The SMILES string of the molecule is O=C(O)[C@@H]1C[C@H]1c1ncc(Br)s1. The lowest BCUT2D eigenvalue weighted by Crippen LogP contribution is -1.98. The highest BCUT2D eigenvalue weighted by Gasteiger charge is 2.46. The number of nitrogens with zero attached hydrogens (tertiary/aromatic N) is 1. The molecule has 1 aromatic heterocycles. The lowest BCUT2D eigenvalue weighted by atomic mass is 10.3. The standard InChI is InChI=1S/C7H6BrNO2S/c8-5-2-9-6(12-5)3-1-4(3)7(10)11/h2-4H,1H2,(H,10,11)/t3-,4-/m1/s1. The van der Waals surface area contributed by atoms with Gasteiger partial charge >= 0.3 is 5.97 Å². The van der Waals surface area contributed by atoms with Crippen molar-refractivity contribution in [3.63, 3.8) is 0 Å². The summed E-state index contributed by atoms with van der Waals surface area (Å²) >= 11 is 4.82. The third-order valence-corrected chi connectivity index (χ3v) is 3.53. The molecular formula is C7H6BrNO2S. The van der Waals surface area contributed by atoms with Crippen LogP contribution >= 0.6 is 27.3 Å². The molecule has 1 aliphatic carbocycles. The van der Waals surface area contributed by atoms with Crippen molar-refractivity contribution in [3.05, 3.63) is 15.0 Å². The molecule has 1 saturated carbocycles. The van der Waals surface area contributed by atoms with Crippen LogP contribution in [0.25, 0.3) is 0 Å². The van der Waals surface area contributed by atoms with Gasteiger partial charge in [0.2, 0.25) is 0 Å². The van der Waals surface area contributed by atoms with Gasteiger partial charge in [-0.25, -0.2) is 4.98 Å². The molecule has 1 heterocycles. The Balaban J connectivity index is 2.10. The third-order valence-electron chi connectivity index (χ3n) is 1.92. The maximum Gasteiger partial charge on any atom is 0.307 e. The molecule has 0 unspecified atom stereocenters. The molecule has 3 nitrogen and oxygen atoms in total. The van der Waals surface area contributed by atoms with Crippen LogP contribution in [0.3, 0.4) is 0 Å². The second-order valence-corrected chi connectivity index (χ2v) is 5.23. The average molecular weight is 248 g/mol. The minimum Gasteiger partial charge on any atom is -0.481 e. The normalized spacial score (nSPS) is 27.1. The van der Waals surface area contributed by atoms with E-state index in [0.29, 0.717) is 0 Å². The van der Waals surface area contributed by atoms with Crippen LogP contribution in [0, 0.1) is 5.92 Å². The molecule has 2 atom stereocenters. The predicted octanol–water partition coefficient (Wildman–Crippen LogP) is 2.09. The Labute approximate surface area is 81.6 Å². The maximum atomic E-state index is 10.5. The number of hydrogen-bond donors (Lipinski definition) is 1. The van der Waals surface area contributed by atoms with Crippen LogP contribution in [-0.4, -0.2) is 16.1 Å². The molecular weight excluding hydrogens is 242 g/mol. The molecule has 1 fully saturated rings. The fourth-order valence-electron chi connectivity index (χ4n) is 1.18. The minimum absolute atomic E-state index is 0.166. The number of hydrogen-bond acceptors (Lipinski definition) is 3. The molecule has 12 heavy (non-hydrogen) atoms. The van der Waals surface area contributed by atoms with E-state index in [1.165, 1.54) is 11.3 Å². The van der Waals surface area contributed by atoms with E-state index in [4.69, 9.17) is 5.11 Å². The molecule has 1 aromatic rings. The first-order chi connectivity index (χ1) is 5.68. The Morgan fingerprint density at radius 1 is 1.83 bits per heavy atom. The van der Waals surface area contributed by atoms with Crippen LogP contribution in [-0.2, 0) is 4.79 Å². The van der Waals surface area contributed by atoms with Crippen molar-refractivity contribution >= 4 is 33.2 Å². The molecule has 0 spiro atoms. The van der Waals surface area contributed by atoms with E-state index >= 15 is 0 Å². The number of carbonyl (C=O) groups is 1. The molecule has 5 heteroatoms. The monoisotopic (exact) mass is 247 g/mol. The summed E-state index contributed by atoms with van der Waals surface area (Å²) in [7, 11) is 0. The Morgan fingerprint density at radius 3 is 3.00 bits per heavy atom. The van der Waals surface area contributed by atoms with Gasteiger partial charge < -0.3 is 5.11 Å². The minimum atomic E-state index is -0.702. The number of aliphatic carboxylic acids is 1. The summed E-state index contributed by atoms with van der Waals surface area (Å²) < 4.78 is 0.966. The topological polar surface area (TPSA) is 50.2 Å². The van der Waals surface area contributed by atoms with E-state index in [-0.39, 0.29) is 11.8 Å². The molecule has 0 bridgehead atoms. The van der Waals surface area contributed by atoms with Gasteiger partial charge in [-0.1, -0.05) is 0 Å². The Hall–Kier alpha value is -0.420. The van der Waals surface area contributed by atoms with Gasteiger partial charge in [0.25, 0.3) is 0 Å². The van der Waals surface area contributed by atoms with Crippen molar-refractivity contribution in [2.24, 2.45) is 5.92 Å². The van der Waals surface area contributed by atoms with Crippen LogP contribution in [0.4, 0.5) is 0 Å². The second kappa shape index (κ2) is 2.81. The first kappa shape index (κ1) is 8.19. The van der Waals surface area contributed by atoms with E-state index in [2.05, 4.69) is 20.9 Å². The molecule has 0 aromatic carbocycles. The number of halogens is 1. The summed E-state index contributed by atoms with van der Waals surface area (Å²) in [6.45, 7) is 0. The average Bonchev–Trinajstić information content (AvgIpc) is 2.70. The fourth-order valence-corrected chi connectivity index (χ4v) is 2.60. The quantitative estimate of drug-likeness (QED) is 0.871. The first-order valence-electron chi connectivity index (χ1n) is 3.52. The maximum absolute atomic E-state index is 10.5. The van der Waals surface area contributed by atoms with Gasteiger partial charge in [-0.3, -0.25) is 4.79 Å². The van der Waals surface area contributed by atoms with Gasteiger partial charge in [0.05, 0.1) is 20.9 Å². The van der Waals surface area contributed by atoms with Gasteiger partial charge in [-0.15, -0.1) is 11.3 Å². The Morgan fingerprint density at radius 2 is 2.58 bits per heavy atom. The van der Waals surface area contributed by atoms with E-state index in [1.54, 1.807) is 6.20 Å². The molecule has 1 aliphatic rings. The van der Waals surface area contributed by atoms with Crippen molar-refractivity contribution < 1.29 is 9.90 Å². The van der Waals surface area contributed by atoms with Gasteiger partial charge in [0.1, 0.15) is 0 Å². The Bertz CT molecular complexity index is 325. The lowest BCUT2D eigenvalue weighted by Gasteiger charge is -1.87. The Kier molecular flexibility index (Phi) is 1.92. The van der Waals surface area contributed by atoms with E-state index < -0.39 is 5.97 Å². The molecule has 0 amide bonds. The number of aromatic nitrogens is 1. The predicted molar refractivity (Wildman–Crippen MR) is 48.3 cm³/mol. The smallest absolute Gasteiger partial charge is 0.307 e. The van der Waals surface area contributed by atoms with E-state index in [0.717, 1.165) is 15.2 Å². The van der Waals surface area contributed by atoms with Crippen LogP contribution in [0.1, 0.15) is 17.3 Å². The van der Waals surface area contributed by atoms with Crippen molar-refractivity contribution in [2.75, 3.05) is 0 Å². The summed E-state index contributed by atoms with van der Waals surface area (Å²) in [5, 5.41) is 9.60. The fraction of sp³-hybridized carbons (Fsp3) is 0.429. The summed E-state index contributed by atoms with van der Waals surface area (Å²) in [4.78, 5) is 14.6. The van der Waals surface area contributed by atoms with E-state index in [9.17, 15) is 4.79 Å². The highest BCUT2D eigenvalue weighted by atomic mass is 79.9. The van der Waals surface area contributed by atoms with Gasteiger partial charge in [-0.2, -0.15) is 0 Å². The number of thiazole rings is 1. The van der Waals surface area contributed by atoms with Crippen LogP contribution < -0.4 is 0 Å². The van der Waals surface area contributed by atoms with Crippen LogP contribution in [0.2, 0.25) is 0 Å². The van der Waals surface area contributed by atoms with Crippen molar-refractivity contribution in [1.29, 1.82) is 0 Å². The van der Waals surface area contributed by atoms with Crippen molar-refractivity contribution in [3.8, 4) is 0 Å². The first-order valence-corrected chi connectivity index (χ1v) is 5.13. The highest BCUT2D eigenvalue weighted by molar-refractivity contribution is 9.11. The molecule has 64 valence electrons. The largest absolute Gasteiger partial charge is 0.481 e. The van der Waals surface area contributed by atoms with Gasteiger partial charge in [-0.05, 0) is 22.4 Å². The summed E-state index contributed by atoms with van der Waals surface area (Å²) in [6, 6.07) is 0. The molecule has 2 rings (SSSR count). The third kappa shape index (κ3) is 1.38. The number of carboxylic acids is 1. The number of rotatable bonds is 2. The molecule has 0 radical (unpaired) electrons. The highest BCUT2D eigenvalue weighted by Crippen LogP contribution is 2.49. The summed E-state index contributed by atoms with van der Waals surface area (Å²) in [5.74, 6) is -0.729. The zero-order valence-corrected chi connectivity index (χ0v) is 8.43. The zero-order valence-electron chi connectivity index (χ0n) is 6.03. The zero-order chi connectivity index (χ0) is 8.72. The molecule has 1 N–H and O–H groups in total. The van der Waals surface area contributed by atoms with Gasteiger partial charge in [0, 0.05) is 5.92 Å². The summed E-state index contributed by atoms with van der Waals surface area (Å²) in [5.41, 5.74) is 0. The van der Waals surface area contributed by atoms with Crippen LogP contribution in [0.5, 0.6) is 0 Å². The van der Waals surface area contributed by atoms with Gasteiger partial charge in [0.15, 0.2) is 0 Å². The lowest BCUT2D eigenvalue weighted by molar-refractivity contribution is -0.138. The van der Waals surface area contributed by atoms with E-state index in [1.807, 2.05) is 0 Å². The molecule has 0 saturated heterocycles. The van der Waals surface area contributed by atoms with Crippen molar-refractivity contribution in [2.45, 2.75) is 12.3 Å². The summed E-state index contributed by atoms with van der Waals surface area (Å²) in [6.07, 6.45) is 2.46. The molecule has 0 aliphatic heterocycles. The van der Waals surface area contributed by atoms with Crippen molar-refractivity contribution in [1.82, 2.24) is 4.98 Å². The number of carboxylic acid groups (broad SMARTS) is 1. The second-order valence-electron chi connectivity index (χ2n) is 2.79. The van der Waals surface area contributed by atoms with Crippen LogP contribution in [0.15, 0.2) is 9.98 Å².